The van der Waals surface area contributed by atoms with Crippen LogP contribution in [0.2, 0.25) is 5.15 Å². The highest BCUT2D eigenvalue weighted by molar-refractivity contribution is 6.31. The number of aromatic nitrogens is 2. The summed E-state index contributed by atoms with van der Waals surface area (Å²) in [6.07, 6.45) is -0.539. The number of carbonyl (C=O) groups excluding carboxylic acids is 2. The maximum Gasteiger partial charge on any atom is 0.407 e. The number of rotatable bonds is 7. The predicted molar refractivity (Wildman–Crippen MR) is 111 cm³/mol. The predicted octanol–water partition coefficient (Wildman–Crippen LogP) is 4.35. The lowest BCUT2D eigenvalue weighted by Gasteiger charge is -2.22. The van der Waals surface area contributed by atoms with E-state index in [1.165, 1.54) is 0 Å². The minimum atomic E-state index is -0.603. The Hall–Kier alpha value is -2.48. The van der Waals surface area contributed by atoms with E-state index in [2.05, 4.69) is 10.3 Å². The Morgan fingerprint density at radius 2 is 1.93 bits per heavy atom. The molecule has 0 aliphatic rings. The van der Waals surface area contributed by atoms with Crippen LogP contribution in [0.25, 0.3) is 11.0 Å². The molecular weight excluding hydrogens is 398 g/mol. The number of halogens is 1. The van der Waals surface area contributed by atoms with Gasteiger partial charge in [0.2, 0.25) is 0 Å². The molecule has 2 aromatic rings. The van der Waals surface area contributed by atoms with Gasteiger partial charge in [-0.15, -0.1) is 0 Å². The van der Waals surface area contributed by atoms with E-state index in [0.717, 1.165) is 0 Å². The molecule has 0 spiro atoms. The molecule has 0 aliphatic heterocycles. The number of hydrogen-bond acceptors (Lipinski definition) is 6. The van der Waals surface area contributed by atoms with Gasteiger partial charge in [0.25, 0.3) is 0 Å². The van der Waals surface area contributed by atoms with E-state index in [-0.39, 0.29) is 24.3 Å². The first-order chi connectivity index (χ1) is 13.6. The Bertz CT molecular complexity index is 888. The van der Waals surface area contributed by atoms with Crippen LogP contribution in [0, 0.1) is 0 Å². The van der Waals surface area contributed by atoms with Gasteiger partial charge in [-0.05, 0) is 53.7 Å². The van der Waals surface area contributed by atoms with Crippen molar-refractivity contribution in [2.45, 2.75) is 53.2 Å². The third-order valence-electron chi connectivity index (χ3n) is 3.90. The minimum Gasteiger partial charge on any atom is -0.491 e. The van der Waals surface area contributed by atoms with E-state index in [1.807, 2.05) is 13.8 Å². The Balaban J connectivity index is 2.40. The second-order valence-electron chi connectivity index (χ2n) is 7.48. The number of esters is 1. The van der Waals surface area contributed by atoms with Crippen molar-refractivity contribution in [2.24, 2.45) is 0 Å². The lowest BCUT2D eigenvalue weighted by atomic mass is 10.2. The first-order valence-corrected chi connectivity index (χ1v) is 9.93. The molecule has 160 valence electrons. The number of alkyl carbamates (subject to hydrolysis) is 1. The van der Waals surface area contributed by atoms with E-state index in [0.29, 0.717) is 29.1 Å². The van der Waals surface area contributed by atoms with Gasteiger partial charge in [0.05, 0.1) is 19.3 Å². The second kappa shape index (κ2) is 9.35. The number of fused-ring (bicyclic) bond motifs is 1. The van der Waals surface area contributed by atoms with Crippen LogP contribution in [-0.4, -0.2) is 47.0 Å². The molecule has 29 heavy (non-hydrogen) atoms. The molecule has 0 aliphatic carbocycles. The van der Waals surface area contributed by atoms with Crippen molar-refractivity contribution < 1.29 is 23.8 Å². The summed E-state index contributed by atoms with van der Waals surface area (Å²) in [7, 11) is 0. The Kier molecular flexibility index (Phi) is 7.35. The van der Waals surface area contributed by atoms with Gasteiger partial charge in [0.15, 0.2) is 10.9 Å². The standard InChI is InChI=1S/C20H28ClN3O5/c1-7-27-15-10-13-9-14(18(25)28-8-2)24(17(13)23-16(15)21)12(3)11-22-19(26)29-20(4,5)6/h9-10,12H,7-8,11H2,1-6H3,(H,22,26)/t12-/m1/s1. The van der Waals surface area contributed by atoms with Crippen LogP contribution in [0.5, 0.6) is 5.75 Å². The average Bonchev–Trinajstić information content (AvgIpc) is 2.97. The van der Waals surface area contributed by atoms with Crippen molar-refractivity contribution in [3.63, 3.8) is 0 Å². The molecule has 9 heteroatoms. The Labute approximate surface area is 175 Å². The van der Waals surface area contributed by atoms with Crippen LogP contribution >= 0.6 is 11.6 Å². The molecule has 1 amide bonds. The fourth-order valence-corrected chi connectivity index (χ4v) is 3.00. The maximum absolute atomic E-state index is 12.5. The molecule has 2 heterocycles. The number of nitrogens with one attached hydrogen (secondary N) is 1. The van der Waals surface area contributed by atoms with Crippen LogP contribution < -0.4 is 10.1 Å². The first kappa shape index (κ1) is 22.8. The Morgan fingerprint density at radius 1 is 1.24 bits per heavy atom. The number of hydrogen-bond donors (Lipinski definition) is 1. The summed E-state index contributed by atoms with van der Waals surface area (Å²) >= 11 is 6.25. The highest BCUT2D eigenvalue weighted by atomic mass is 35.5. The van der Waals surface area contributed by atoms with E-state index >= 15 is 0 Å². The van der Waals surface area contributed by atoms with Gasteiger partial charge >= 0.3 is 12.1 Å². The van der Waals surface area contributed by atoms with Crippen LogP contribution in [0.4, 0.5) is 4.79 Å². The van der Waals surface area contributed by atoms with Crippen LogP contribution in [0.15, 0.2) is 12.1 Å². The highest BCUT2D eigenvalue weighted by Crippen LogP contribution is 2.31. The molecule has 0 bridgehead atoms. The van der Waals surface area contributed by atoms with Gasteiger partial charge < -0.3 is 24.1 Å². The summed E-state index contributed by atoms with van der Waals surface area (Å²) in [5.74, 6) is -0.0440. The van der Waals surface area contributed by atoms with Gasteiger partial charge in [0, 0.05) is 11.9 Å². The lowest BCUT2D eigenvalue weighted by molar-refractivity contribution is 0.0511. The minimum absolute atomic E-state index is 0.196. The van der Waals surface area contributed by atoms with E-state index in [1.54, 1.807) is 44.4 Å². The zero-order chi connectivity index (χ0) is 21.8. The van der Waals surface area contributed by atoms with E-state index < -0.39 is 17.7 Å². The summed E-state index contributed by atoms with van der Waals surface area (Å²) in [6, 6.07) is 3.10. The summed E-state index contributed by atoms with van der Waals surface area (Å²) in [6.45, 7) is 11.7. The highest BCUT2D eigenvalue weighted by Gasteiger charge is 2.24. The molecule has 0 radical (unpaired) electrons. The number of nitrogens with zero attached hydrogens (tertiary/aromatic N) is 2. The molecule has 2 aromatic heterocycles. The second-order valence-corrected chi connectivity index (χ2v) is 7.83. The van der Waals surface area contributed by atoms with Crippen molar-refractivity contribution in [3.8, 4) is 5.75 Å². The van der Waals surface area contributed by atoms with Gasteiger partial charge in [-0.2, -0.15) is 0 Å². The zero-order valence-electron chi connectivity index (χ0n) is 17.7. The number of carbonyl (C=O) groups is 2. The quantitative estimate of drug-likeness (QED) is 0.523. The molecule has 1 atom stereocenters. The molecule has 8 nitrogen and oxygen atoms in total. The SMILES string of the molecule is CCOC(=O)c1cc2cc(OCC)c(Cl)nc2n1[C@H](C)CNC(=O)OC(C)(C)C. The van der Waals surface area contributed by atoms with Crippen molar-refractivity contribution >= 4 is 34.7 Å². The fourth-order valence-electron chi connectivity index (χ4n) is 2.81. The molecule has 0 saturated heterocycles. The lowest BCUT2D eigenvalue weighted by Crippen LogP contribution is -2.35. The summed E-state index contributed by atoms with van der Waals surface area (Å²) in [4.78, 5) is 28.9. The maximum atomic E-state index is 12.5. The third kappa shape index (κ3) is 5.76. The van der Waals surface area contributed by atoms with Crippen molar-refractivity contribution in [3.05, 3.63) is 23.0 Å². The number of pyridine rings is 1. The number of ether oxygens (including phenoxy) is 3. The fraction of sp³-hybridized carbons (Fsp3) is 0.550. The van der Waals surface area contributed by atoms with Crippen molar-refractivity contribution in [1.82, 2.24) is 14.9 Å². The average molecular weight is 426 g/mol. The summed E-state index contributed by atoms with van der Waals surface area (Å²) in [5.41, 5.74) is 0.214. The first-order valence-electron chi connectivity index (χ1n) is 9.55. The Morgan fingerprint density at radius 3 is 2.52 bits per heavy atom. The molecule has 0 unspecified atom stereocenters. The normalized spacial score (nSPS) is 12.5. The van der Waals surface area contributed by atoms with Crippen LogP contribution in [0.1, 0.15) is 58.1 Å². The van der Waals surface area contributed by atoms with Crippen LogP contribution in [0.3, 0.4) is 0 Å². The smallest absolute Gasteiger partial charge is 0.407 e. The van der Waals surface area contributed by atoms with Gasteiger partial charge in [0.1, 0.15) is 16.9 Å². The van der Waals surface area contributed by atoms with E-state index in [9.17, 15) is 9.59 Å². The van der Waals surface area contributed by atoms with Gasteiger partial charge in [-0.3, -0.25) is 0 Å². The summed E-state index contributed by atoms with van der Waals surface area (Å²) < 4.78 is 17.6. The van der Waals surface area contributed by atoms with Gasteiger partial charge in [-0.25, -0.2) is 14.6 Å². The molecule has 0 fully saturated rings. The monoisotopic (exact) mass is 425 g/mol. The van der Waals surface area contributed by atoms with Crippen molar-refractivity contribution in [1.29, 1.82) is 0 Å². The van der Waals surface area contributed by atoms with Crippen molar-refractivity contribution in [2.75, 3.05) is 19.8 Å². The molecule has 0 saturated carbocycles. The molecular formula is C20H28ClN3O5. The van der Waals surface area contributed by atoms with E-state index in [4.69, 9.17) is 25.8 Å². The molecule has 0 aromatic carbocycles. The van der Waals surface area contributed by atoms with Gasteiger partial charge in [-0.1, -0.05) is 11.6 Å². The number of amides is 1. The molecule has 1 N–H and O–H groups in total. The topological polar surface area (TPSA) is 91.7 Å². The zero-order valence-corrected chi connectivity index (χ0v) is 18.4. The molecule has 2 rings (SSSR count). The summed E-state index contributed by atoms with van der Waals surface area (Å²) in [5, 5.41) is 3.60. The van der Waals surface area contributed by atoms with Crippen LogP contribution in [-0.2, 0) is 9.47 Å². The largest absolute Gasteiger partial charge is 0.491 e. The third-order valence-corrected chi connectivity index (χ3v) is 4.17.